The maximum atomic E-state index is 16.1. The monoisotopic (exact) mass is 1150 g/mol. The molecule has 16 aromatic rings. The van der Waals surface area contributed by atoms with Crippen molar-refractivity contribution in [3.05, 3.63) is 287 Å². The molecule has 0 bridgehead atoms. The zero-order valence-electron chi connectivity index (χ0n) is 49.1. The van der Waals surface area contributed by atoms with Gasteiger partial charge in [0.1, 0.15) is 11.1 Å². The van der Waals surface area contributed by atoms with E-state index < -0.39 is 5.63 Å². The Morgan fingerprint density at radius 3 is 0.944 bits per heavy atom. The Balaban J connectivity index is 0.999. The number of aryl methyl sites for hydroxylation is 4. The molecule has 0 atom stereocenters. The number of rotatable bonds is 10. The van der Waals surface area contributed by atoms with Gasteiger partial charge in [0.25, 0.3) is 0 Å². The van der Waals surface area contributed by atoms with Gasteiger partial charge in [-0.15, -0.1) is 0 Å². The molecule has 0 fully saturated rings. The maximum Gasteiger partial charge on any atom is 0.348 e. The van der Waals surface area contributed by atoms with Gasteiger partial charge in [-0.1, -0.05) is 198 Å². The molecule has 0 unspecified atom stereocenters. The molecule has 0 aliphatic heterocycles. The van der Waals surface area contributed by atoms with E-state index in [2.05, 4.69) is 170 Å². The lowest BCUT2D eigenvalue weighted by Gasteiger charge is -2.18. The number of aromatic nitrogens is 8. The van der Waals surface area contributed by atoms with Crippen molar-refractivity contribution in [3.8, 4) is 102 Å². The molecule has 0 amide bonds. The Kier molecular flexibility index (Phi) is 12.7. The van der Waals surface area contributed by atoms with Gasteiger partial charge in [-0.05, 0) is 123 Å². The molecule has 16 rings (SSSR count). The van der Waals surface area contributed by atoms with Crippen LogP contribution in [0.25, 0.3) is 157 Å². The largest absolute Gasteiger partial charge is 0.421 e. The summed E-state index contributed by atoms with van der Waals surface area (Å²) in [5.74, 6) is 1.90. The molecule has 5 heterocycles. The summed E-state index contributed by atoms with van der Waals surface area (Å²) in [4.78, 5) is 47.6. The van der Waals surface area contributed by atoms with E-state index in [4.69, 9.17) is 34.3 Å². The maximum absolute atomic E-state index is 16.1. The molecule has 10 heteroatoms. The van der Waals surface area contributed by atoms with E-state index in [1.54, 1.807) is 0 Å². The molecule has 422 valence electrons. The predicted molar refractivity (Wildman–Crippen MR) is 360 cm³/mol. The van der Waals surface area contributed by atoms with Crippen molar-refractivity contribution in [2.24, 2.45) is 0 Å². The molecule has 0 radical (unpaired) electrons. The van der Waals surface area contributed by atoms with Crippen molar-refractivity contribution in [1.29, 1.82) is 0 Å². The molecule has 5 aromatic heterocycles. The van der Waals surface area contributed by atoms with Crippen molar-refractivity contribution in [1.82, 2.24) is 39.0 Å². The molecule has 10 nitrogen and oxygen atoms in total. The molecule has 0 spiro atoms. The average molecular weight is 1150 g/mol. The van der Waals surface area contributed by atoms with Gasteiger partial charge >= 0.3 is 5.63 Å². The Morgan fingerprint density at radius 2 is 0.596 bits per heavy atom. The topological polar surface area (TPSA) is 117 Å². The van der Waals surface area contributed by atoms with Crippen molar-refractivity contribution in [2.75, 3.05) is 0 Å². The molecular formula is C79H54N8O2. The second-order valence-electron chi connectivity index (χ2n) is 22.9. The lowest BCUT2D eigenvalue weighted by molar-refractivity contribution is 0.564. The third-order valence-corrected chi connectivity index (χ3v) is 16.9. The summed E-state index contributed by atoms with van der Waals surface area (Å²) < 4.78 is 11.6. The second-order valence-corrected chi connectivity index (χ2v) is 22.9. The SMILES string of the molecule is Cc1ccc2c(c1)c1cc(C)ccc1n2-c1ccc(-c2ccc(-c3ccc(-n4c5ccc(C)cc5c5cc(C)ccc54)cc3)c3c(-c4nc(-c5ccccc5)nc(-c5ccccc5)n4)c(-c4nc(-c5ccccc5)nc(-c5ccccc5)n4)c(=O)oc23)cc1. The van der Waals surface area contributed by atoms with E-state index in [1.165, 1.54) is 43.8 Å². The Bertz CT molecular complexity index is 5290. The van der Waals surface area contributed by atoms with E-state index in [0.717, 1.165) is 72.4 Å². The van der Waals surface area contributed by atoms with Crippen LogP contribution in [-0.4, -0.2) is 39.0 Å². The van der Waals surface area contributed by atoms with Gasteiger partial charge in [-0.3, -0.25) is 0 Å². The fraction of sp³-hybridized carbons (Fsp3) is 0.0506. The van der Waals surface area contributed by atoms with Gasteiger partial charge in [-0.25, -0.2) is 34.7 Å². The number of hydrogen-bond acceptors (Lipinski definition) is 8. The van der Waals surface area contributed by atoms with E-state index in [1.807, 2.05) is 121 Å². The highest BCUT2D eigenvalue weighted by atomic mass is 16.4. The summed E-state index contributed by atoms with van der Waals surface area (Å²) in [7, 11) is 0. The first-order chi connectivity index (χ1) is 43.6. The molecule has 0 N–H and O–H groups in total. The fourth-order valence-electron chi connectivity index (χ4n) is 12.7. The summed E-state index contributed by atoms with van der Waals surface area (Å²) in [6.07, 6.45) is 0. The van der Waals surface area contributed by atoms with Gasteiger partial charge in [0.05, 0.1) is 22.1 Å². The number of hydrogen-bond donors (Lipinski definition) is 0. The van der Waals surface area contributed by atoms with Crippen LogP contribution in [0.15, 0.2) is 264 Å². The lowest BCUT2D eigenvalue weighted by atomic mass is 9.90. The smallest absolute Gasteiger partial charge is 0.348 e. The van der Waals surface area contributed by atoms with Gasteiger partial charge < -0.3 is 13.6 Å². The summed E-state index contributed by atoms with van der Waals surface area (Å²) >= 11 is 0. The minimum absolute atomic E-state index is 0.0663. The van der Waals surface area contributed by atoms with Crippen LogP contribution in [0.1, 0.15) is 22.3 Å². The first-order valence-corrected chi connectivity index (χ1v) is 29.8. The summed E-state index contributed by atoms with van der Waals surface area (Å²) in [5, 5.41) is 5.36. The first kappa shape index (κ1) is 52.8. The van der Waals surface area contributed by atoms with Crippen LogP contribution in [0.4, 0.5) is 0 Å². The molecule has 89 heavy (non-hydrogen) atoms. The first-order valence-electron chi connectivity index (χ1n) is 29.8. The number of benzene rings is 11. The quantitative estimate of drug-likeness (QED) is 0.124. The number of fused-ring (bicyclic) bond motifs is 7. The van der Waals surface area contributed by atoms with Gasteiger partial charge in [0.2, 0.25) is 0 Å². The standard InChI is InChI=1S/C79H54N8O2/c1-47-25-39-65-61(43-47)62-44-48(2)26-40-66(62)86(65)57-33-29-51(30-34-57)59-37-38-60(52-31-35-58(36-32-52)87-67-41-27-49(3)45-63(67)64-46-50(4)28-42-68(64)87)72-69(59)70(77-82-73(53-17-9-5-10-18-53)80-74(83-77)54-19-11-6-12-20-54)71(79(88)89-72)78-84-75(55-21-13-7-14-22-55)81-76(85-78)56-23-15-8-16-24-56/h5-46H,1-4H3. The van der Waals surface area contributed by atoms with Crippen LogP contribution in [-0.2, 0) is 0 Å². The van der Waals surface area contributed by atoms with Crippen molar-refractivity contribution in [2.45, 2.75) is 27.7 Å². The van der Waals surface area contributed by atoms with E-state index in [9.17, 15) is 0 Å². The van der Waals surface area contributed by atoms with E-state index in [-0.39, 0.29) is 17.2 Å². The van der Waals surface area contributed by atoms with E-state index >= 15 is 4.79 Å². The van der Waals surface area contributed by atoms with Crippen LogP contribution < -0.4 is 5.63 Å². The molecule has 0 aliphatic rings. The highest BCUT2D eigenvalue weighted by Gasteiger charge is 2.30. The van der Waals surface area contributed by atoms with Gasteiger partial charge in [0.15, 0.2) is 34.9 Å². The summed E-state index contributed by atoms with van der Waals surface area (Å²) in [5.41, 5.74) is 17.5. The lowest BCUT2D eigenvalue weighted by Crippen LogP contribution is -2.13. The van der Waals surface area contributed by atoms with Gasteiger partial charge in [0, 0.05) is 71.7 Å². The average Bonchev–Trinajstić information content (AvgIpc) is 1.19. The highest BCUT2D eigenvalue weighted by molar-refractivity contribution is 6.13. The zero-order valence-corrected chi connectivity index (χ0v) is 49.1. The van der Waals surface area contributed by atoms with E-state index in [0.29, 0.717) is 45.4 Å². The molecule has 0 aliphatic carbocycles. The van der Waals surface area contributed by atoms with Crippen molar-refractivity contribution in [3.63, 3.8) is 0 Å². The predicted octanol–water partition coefficient (Wildman–Crippen LogP) is 18.9. The van der Waals surface area contributed by atoms with Crippen LogP contribution >= 0.6 is 0 Å². The Morgan fingerprint density at radius 1 is 0.292 bits per heavy atom. The number of nitrogens with zero attached hydrogens (tertiary/aromatic N) is 8. The van der Waals surface area contributed by atoms with Crippen molar-refractivity contribution >= 4 is 54.6 Å². The third kappa shape index (κ3) is 9.24. The summed E-state index contributed by atoms with van der Waals surface area (Å²) in [6.45, 7) is 8.55. The minimum atomic E-state index is -0.683. The molecule has 0 saturated heterocycles. The molecular weight excluding hydrogens is 1090 g/mol. The zero-order chi connectivity index (χ0) is 59.9. The highest BCUT2D eigenvalue weighted by Crippen LogP contribution is 2.45. The molecule has 0 saturated carbocycles. The molecule has 11 aromatic carbocycles. The van der Waals surface area contributed by atoms with Crippen LogP contribution in [0, 0.1) is 27.7 Å². The van der Waals surface area contributed by atoms with Crippen LogP contribution in [0.2, 0.25) is 0 Å². The summed E-state index contributed by atoms with van der Waals surface area (Å²) in [6, 6.07) is 87.0. The third-order valence-electron chi connectivity index (χ3n) is 16.9. The normalized spacial score (nSPS) is 11.6. The minimum Gasteiger partial charge on any atom is -0.421 e. The Labute approximate surface area is 512 Å². The van der Waals surface area contributed by atoms with Gasteiger partial charge in [-0.2, -0.15) is 0 Å². The van der Waals surface area contributed by atoms with Crippen LogP contribution in [0.3, 0.4) is 0 Å². The second kappa shape index (κ2) is 21.3. The Hall–Kier alpha value is -11.8. The van der Waals surface area contributed by atoms with Crippen LogP contribution in [0.5, 0.6) is 0 Å². The van der Waals surface area contributed by atoms with Crippen molar-refractivity contribution < 1.29 is 4.42 Å². The fourth-order valence-corrected chi connectivity index (χ4v) is 12.7.